The second-order valence-electron chi connectivity index (χ2n) is 5.60. The highest BCUT2D eigenvalue weighted by atomic mass is 35.5. The second kappa shape index (κ2) is 9.80. The van der Waals surface area contributed by atoms with Crippen LogP contribution in [0.25, 0.3) is 0 Å². The molecule has 1 heterocycles. The number of ether oxygens (including phenoxy) is 1. The molecule has 4 N–H and O–H groups in total. The van der Waals surface area contributed by atoms with Crippen LogP contribution in [0.4, 0.5) is 11.6 Å². The molecule has 0 aliphatic heterocycles. The number of nitrogen functional groups attached to an aromatic ring is 1. The van der Waals surface area contributed by atoms with Gasteiger partial charge in [0.05, 0.1) is 24.8 Å². The second-order valence-corrected chi connectivity index (χ2v) is 6.95. The van der Waals surface area contributed by atoms with Crippen LogP contribution in [0.2, 0.25) is 5.02 Å². The SMILES string of the molecule is COc1ccccc1NC(=O)CSc1nnc(N/N=C/c2ccccc2Cl)n1N. The Hall–Kier alpha value is -3.24. The van der Waals surface area contributed by atoms with Gasteiger partial charge in [0.25, 0.3) is 5.95 Å². The zero-order valence-electron chi connectivity index (χ0n) is 15.4. The molecule has 11 heteroatoms. The van der Waals surface area contributed by atoms with Gasteiger partial charge in [0.1, 0.15) is 5.75 Å². The number of hydrazone groups is 1. The molecule has 3 aromatic rings. The number of amides is 1. The molecular weight excluding hydrogens is 414 g/mol. The van der Waals surface area contributed by atoms with E-state index in [2.05, 4.69) is 26.0 Å². The van der Waals surface area contributed by atoms with Gasteiger partial charge in [0, 0.05) is 10.6 Å². The third-order valence-electron chi connectivity index (χ3n) is 3.65. The number of halogens is 1. The van der Waals surface area contributed by atoms with Crippen LogP contribution in [-0.2, 0) is 4.79 Å². The van der Waals surface area contributed by atoms with Gasteiger partial charge >= 0.3 is 0 Å². The van der Waals surface area contributed by atoms with E-state index in [0.717, 1.165) is 17.3 Å². The molecule has 0 aliphatic carbocycles. The van der Waals surface area contributed by atoms with E-state index in [-0.39, 0.29) is 17.6 Å². The van der Waals surface area contributed by atoms with Crippen molar-refractivity contribution in [2.45, 2.75) is 5.16 Å². The molecule has 150 valence electrons. The number of thioether (sulfide) groups is 1. The van der Waals surface area contributed by atoms with Gasteiger partial charge in [-0.15, -0.1) is 10.2 Å². The van der Waals surface area contributed by atoms with Crippen LogP contribution < -0.4 is 21.3 Å². The Morgan fingerprint density at radius 3 is 2.83 bits per heavy atom. The lowest BCUT2D eigenvalue weighted by molar-refractivity contribution is -0.113. The van der Waals surface area contributed by atoms with Crippen LogP contribution >= 0.6 is 23.4 Å². The first-order chi connectivity index (χ1) is 14.1. The summed E-state index contributed by atoms with van der Waals surface area (Å²) in [7, 11) is 1.54. The van der Waals surface area contributed by atoms with E-state index in [1.54, 1.807) is 31.5 Å². The lowest BCUT2D eigenvalue weighted by atomic mass is 10.2. The minimum Gasteiger partial charge on any atom is -0.495 e. The van der Waals surface area contributed by atoms with E-state index >= 15 is 0 Å². The molecule has 2 aromatic carbocycles. The van der Waals surface area contributed by atoms with E-state index in [4.69, 9.17) is 22.2 Å². The van der Waals surface area contributed by atoms with E-state index in [9.17, 15) is 4.79 Å². The predicted molar refractivity (Wildman–Crippen MR) is 115 cm³/mol. The van der Waals surface area contributed by atoms with Crippen molar-refractivity contribution in [2.24, 2.45) is 5.10 Å². The summed E-state index contributed by atoms with van der Waals surface area (Å²) in [6.45, 7) is 0. The topological polar surface area (TPSA) is 119 Å². The number of benzene rings is 2. The fraction of sp³-hybridized carbons (Fsp3) is 0.111. The van der Waals surface area contributed by atoms with Gasteiger partial charge in [-0.1, -0.05) is 53.7 Å². The first-order valence-corrected chi connectivity index (χ1v) is 9.74. The number of rotatable bonds is 8. The molecule has 0 spiro atoms. The Labute approximate surface area is 176 Å². The van der Waals surface area contributed by atoms with Gasteiger partial charge in [-0.2, -0.15) is 5.10 Å². The van der Waals surface area contributed by atoms with Crippen LogP contribution in [0.5, 0.6) is 5.75 Å². The summed E-state index contributed by atoms with van der Waals surface area (Å²) in [6.07, 6.45) is 1.55. The van der Waals surface area contributed by atoms with Crippen molar-refractivity contribution < 1.29 is 9.53 Å². The smallest absolute Gasteiger partial charge is 0.264 e. The van der Waals surface area contributed by atoms with Gasteiger partial charge in [0.15, 0.2) is 0 Å². The van der Waals surface area contributed by atoms with E-state index in [0.29, 0.717) is 21.6 Å². The number of nitrogens with one attached hydrogen (secondary N) is 2. The first kappa shape index (κ1) is 20.5. The van der Waals surface area contributed by atoms with Crippen molar-refractivity contribution in [3.8, 4) is 5.75 Å². The van der Waals surface area contributed by atoms with Gasteiger partial charge < -0.3 is 15.9 Å². The van der Waals surface area contributed by atoms with Crippen LogP contribution in [0.15, 0.2) is 58.8 Å². The summed E-state index contributed by atoms with van der Waals surface area (Å²) < 4.78 is 6.42. The van der Waals surface area contributed by atoms with Crippen LogP contribution in [0.3, 0.4) is 0 Å². The third-order valence-corrected chi connectivity index (χ3v) is 4.94. The lowest BCUT2D eigenvalue weighted by Crippen LogP contribution is -2.17. The maximum absolute atomic E-state index is 12.2. The van der Waals surface area contributed by atoms with Crippen molar-refractivity contribution in [1.29, 1.82) is 0 Å². The van der Waals surface area contributed by atoms with Gasteiger partial charge in [0.2, 0.25) is 11.1 Å². The van der Waals surface area contributed by atoms with Gasteiger partial charge in [-0.25, -0.2) is 10.1 Å². The summed E-state index contributed by atoms with van der Waals surface area (Å²) >= 11 is 7.20. The van der Waals surface area contributed by atoms with Gasteiger partial charge in [-0.05, 0) is 18.2 Å². The van der Waals surface area contributed by atoms with Crippen molar-refractivity contribution >= 4 is 47.1 Å². The number of hydrogen-bond acceptors (Lipinski definition) is 8. The normalized spacial score (nSPS) is 10.8. The molecule has 0 aliphatic rings. The molecule has 0 bridgehead atoms. The molecule has 1 amide bonds. The fourth-order valence-electron chi connectivity index (χ4n) is 2.26. The Bertz CT molecular complexity index is 1020. The molecule has 0 atom stereocenters. The van der Waals surface area contributed by atoms with E-state index < -0.39 is 0 Å². The zero-order chi connectivity index (χ0) is 20.6. The standard InChI is InChI=1S/C18H18ClN7O2S/c1-28-15-9-5-4-8-14(15)22-16(27)11-29-18-25-24-17(26(18)20)23-21-10-12-6-2-3-7-13(12)19/h2-10H,11,20H2,1H3,(H,22,27)(H,23,24)/b21-10+. The Balaban J connectivity index is 1.55. The molecule has 0 fully saturated rings. The maximum atomic E-state index is 12.2. The third kappa shape index (κ3) is 5.39. The van der Waals surface area contributed by atoms with Crippen molar-refractivity contribution in [3.63, 3.8) is 0 Å². The largest absolute Gasteiger partial charge is 0.495 e. The van der Waals surface area contributed by atoms with Crippen molar-refractivity contribution in [1.82, 2.24) is 14.9 Å². The number of carbonyl (C=O) groups is 1. The molecule has 1 aromatic heterocycles. The van der Waals surface area contributed by atoms with E-state index in [1.807, 2.05) is 30.3 Å². The zero-order valence-corrected chi connectivity index (χ0v) is 16.9. The fourth-order valence-corrected chi connectivity index (χ4v) is 3.10. The molecule has 0 saturated carbocycles. The van der Waals surface area contributed by atoms with Crippen LogP contribution in [0, 0.1) is 0 Å². The summed E-state index contributed by atoms with van der Waals surface area (Å²) in [5, 5.41) is 15.6. The quantitative estimate of drug-likeness (QED) is 0.217. The van der Waals surface area contributed by atoms with E-state index in [1.165, 1.54) is 4.68 Å². The molecule has 9 nitrogen and oxygen atoms in total. The Kier molecular flexibility index (Phi) is 6.93. The number of para-hydroxylation sites is 2. The van der Waals surface area contributed by atoms with Crippen LogP contribution in [-0.4, -0.2) is 39.9 Å². The molecule has 0 saturated heterocycles. The average Bonchev–Trinajstić information content (AvgIpc) is 3.08. The summed E-state index contributed by atoms with van der Waals surface area (Å²) in [6, 6.07) is 14.4. The first-order valence-electron chi connectivity index (χ1n) is 8.38. The number of methoxy groups -OCH3 is 1. The molecule has 29 heavy (non-hydrogen) atoms. The Morgan fingerprint density at radius 1 is 1.28 bits per heavy atom. The molecule has 3 rings (SSSR count). The Morgan fingerprint density at radius 2 is 2.03 bits per heavy atom. The summed E-state index contributed by atoms with van der Waals surface area (Å²) in [5.41, 5.74) is 4.03. The minimum absolute atomic E-state index is 0.0935. The monoisotopic (exact) mass is 431 g/mol. The van der Waals surface area contributed by atoms with Crippen LogP contribution in [0.1, 0.15) is 5.56 Å². The average molecular weight is 432 g/mol. The molecular formula is C18H18ClN7O2S. The minimum atomic E-state index is -0.228. The molecule has 0 unspecified atom stereocenters. The van der Waals surface area contributed by atoms with Crippen molar-refractivity contribution in [3.05, 3.63) is 59.1 Å². The number of aromatic nitrogens is 3. The molecule has 0 radical (unpaired) electrons. The highest BCUT2D eigenvalue weighted by Crippen LogP contribution is 2.24. The number of nitrogens with zero attached hydrogens (tertiary/aromatic N) is 4. The number of hydrogen-bond donors (Lipinski definition) is 3. The number of nitrogens with two attached hydrogens (primary N) is 1. The van der Waals surface area contributed by atoms with Crippen molar-refractivity contribution in [2.75, 3.05) is 29.4 Å². The maximum Gasteiger partial charge on any atom is 0.264 e. The van der Waals surface area contributed by atoms with Gasteiger partial charge in [-0.3, -0.25) is 4.79 Å². The highest BCUT2D eigenvalue weighted by molar-refractivity contribution is 7.99. The highest BCUT2D eigenvalue weighted by Gasteiger charge is 2.13. The summed E-state index contributed by atoms with van der Waals surface area (Å²) in [5.74, 6) is 6.62. The lowest BCUT2D eigenvalue weighted by Gasteiger charge is -2.09. The predicted octanol–water partition coefficient (Wildman–Crippen LogP) is 2.83. The summed E-state index contributed by atoms with van der Waals surface area (Å²) in [4.78, 5) is 12.2. The number of anilines is 2. The number of carbonyl (C=O) groups excluding carboxylic acids is 1.